The number of nitrogens with two attached hydrogens (primary N) is 1. The summed E-state index contributed by atoms with van der Waals surface area (Å²) in [5.74, 6) is 1.67. The molecule has 5 nitrogen and oxygen atoms in total. The molecule has 0 saturated heterocycles. The summed E-state index contributed by atoms with van der Waals surface area (Å²) in [6.45, 7) is 0. The van der Waals surface area contributed by atoms with Gasteiger partial charge in [0.25, 0.3) is 5.89 Å². The highest BCUT2D eigenvalue weighted by atomic mass is 16.5. The molecule has 1 aliphatic carbocycles. The third-order valence-electron chi connectivity index (χ3n) is 3.69. The van der Waals surface area contributed by atoms with Gasteiger partial charge in [-0.25, -0.2) is 0 Å². The Kier molecular flexibility index (Phi) is 3.11. The molecule has 1 saturated carbocycles. The average Bonchev–Trinajstić information content (AvgIpc) is 2.93. The van der Waals surface area contributed by atoms with E-state index in [9.17, 15) is 5.11 Å². The van der Waals surface area contributed by atoms with Crippen molar-refractivity contribution in [1.29, 1.82) is 0 Å². The van der Waals surface area contributed by atoms with Crippen LogP contribution in [0.4, 0.5) is 5.69 Å². The van der Waals surface area contributed by atoms with Crippen molar-refractivity contribution in [3.05, 3.63) is 24.0 Å². The lowest BCUT2D eigenvalue weighted by molar-refractivity contribution is 0.385. The Morgan fingerprint density at radius 2 is 2.00 bits per heavy atom. The molecule has 0 unspecified atom stereocenters. The molecule has 1 aromatic heterocycles. The fourth-order valence-corrected chi connectivity index (χ4v) is 2.56. The Hall–Kier alpha value is -2.04. The second kappa shape index (κ2) is 4.91. The van der Waals surface area contributed by atoms with Gasteiger partial charge >= 0.3 is 0 Å². The fourth-order valence-electron chi connectivity index (χ4n) is 2.56. The first kappa shape index (κ1) is 12.0. The first-order valence-electron chi connectivity index (χ1n) is 6.66. The van der Waals surface area contributed by atoms with Crippen LogP contribution < -0.4 is 5.73 Å². The highest BCUT2D eigenvalue weighted by molar-refractivity contribution is 5.63. The largest absolute Gasteiger partial charge is 0.506 e. The molecule has 1 fully saturated rings. The lowest BCUT2D eigenvalue weighted by Crippen LogP contribution is -2.06. The molecule has 0 aliphatic heterocycles. The summed E-state index contributed by atoms with van der Waals surface area (Å²) in [5, 5.41) is 13.7. The molecular formula is C14H17N3O2. The molecular weight excluding hydrogens is 242 g/mol. The number of aromatic hydroxyl groups is 1. The number of anilines is 1. The van der Waals surface area contributed by atoms with Crippen LogP contribution in [0.15, 0.2) is 22.7 Å². The topological polar surface area (TPSA) is 85.2 Å². The van der Waals surface area contributed by atoms with E-state index in [1.54, 1.807) is 18.2 Å². The van der Waals surface area contributed by atoms with Gasteiger partial charge < -0.3 is 15.4 Å². The molecule has 1 aliphatic rings. The Bertz CT molecular complexity index is 574. The van der Waals surface area contributed by atoms with E-state index in [0.717, 1.165) is 18.7 Å². The second-order valence-corrected chi connectivity index (χ2v) is 5.07. The van der Waals surface area contributed by atoms with Gasteiger partial charge in [0.2, 0.25) is 0 Å². The number of phenolic OH excluding ortho intramolecular Hbond substituents is 1. The molecule has 0 atom stereocenters. The molecule has 1 heterocycles. The Labute approximate surface area is 111 Å². The Balaban J connectivity index is 1.85. The Morgan fingerprint density at radius 1 is 1.21 bits per heavy atom. The van der Waals surface area contributed by atoms with Gasteiger partial charge in [-0.1, -0.05) is 24.4 Å². The average molecular weight is 259 g/mol. The minimum Gasteiger partial charge on any atom is -0.506 e. The summed E-state index contributed by atoms with van der Waals surface area (Å²) >= 11 is 0. The highest BCUT2D eigenvalue weighted by Crippen LogP contribution is 2.33. The monoisotopic (exact) mass is 259 g/mol. The van der Waals surface area contributed by atoms with Crippen LogP contribution in [-0.4, -0.2) is 15.2 Å². The van der Waals surface area contributed by atoms with Crippen molar-refractivity contribution in [1.82, 2.24) is 10.1 Å². The number of phenols is 1. The molecule has 0 bridgehead atoms. The molecule has 100 valence electrons. The summed E-state index contributed by atoms with van der Waals surface area (Å²) in [6.07, 6.45) is 6.03. The number of aromatic nitrogens is 2. The lowest BCUT2D eigenvalue weighted by atomic mass is 9.89. The minimum atomic E-state index is 0.0370. The van der Waals surface area contributed by atoms with Gasteiger partial charge in [-0.3, -0.25) is 0 Å². The fraction of sp³-hybridized carbons (Fsp3) is 0.429. The molecule has 19 heavy (non-hydrogen) atoms. The third-order valence-corrected chi connectivity index (χ3v) is 3.69. The maximum absolute atomic E-state index is 9.60. The summed E-state index contributed by atoms with van der Waals surface area (Å²) in [6, 6.07) is 4.95. The molecule has 5 heteroatoms. The third kappa shape index (κ3) is 2.41. The summed E-state index contributed by atoms with van der Waals surface area (Å²) in [4.78, 5) is 4.45. The number of nitrogens with zero attached hydrogens (tertiary/aromatic N) is 2. The second-order valence-electron chi connectivity index (χ2n) is 5.07. The number of rotatable bonds is 2. The van der Waals surface area contributed by atoms with Crippen LogP contribution in [0.1, 0.15) is 43.8 Å². The maximum Gasteiger partial charge on any atom is 0.258 e. The smallest absolute Gasteiger partial charge is 0.258 e. The van der Waals surface area contributed by atoms with E-state index >= 15 is 0 Å². The summed E-state index contributed by atoms with van der Waals surface area (Å²) in [7, 11) is 0. The number of hydrogen-bond donors (Lipinski definition) is 2. The van der Waals surface area contributed by atoms with Crippen molar-refractivity contribution in [2.24, 2.45) is 0 Å². The summed E-state index contributed by atoms with van der Waals surface area (Å²) < 4.78 is 5.29. The van der Waals surface area contributed by atoms with Crippen LogP contribution in [0.2, 0.25) is 0 Å². The van der Waals surface area contributed by atoms with Gasteiger partial charge in [-0.2, -0.15) is 4.98 Å². The van der Waals surface area contributed by atoms with Crippen molar-refractivity contribution < 1.29 is 9.63 Å². The van der Waals surface area contributed by atoms with Crippen molar-refractivity contribution in [3.8, 4) is 17.2 Å². The van der Waals surface area contributed by atoms with Crippen molar-refractivity contribution in [2.75, 3.05) is 5.73 Å². The van der Waals surface area contributed by atoms with Crippen LogP contribution in [0.5, 0.6) is 5.75 Å². The van der Waals surface area contributed by atoms with E-state index in [0.29, 0.717) is 23.1 Å². The lowest BCUT2D eigenvalue weighted by Gasteiger charge is -2.17. The van der Waals surface area contributed by atoms with Gasteiger partial charge in [0.15, 0.2) is 5.82 Å². The maximum atomic E-state index is 9.60. The van der Waals surface area contributed by atoms with E-state index in [2.05, 4.69) is 10.1 Å². The number of hydrogen-bond acceptors (Lipinski definition) is 5. The van der Waals surface area contributed by atoms with Crippen LogP contribution in [0, 0.1) is 0 Å². The zero-order valence-electron chi connectivity index (χ0n) is 10.7. The van der Waals surface area contributed by atoms with Crippen LogP contribution >= 0.6 is 0 Å². The predicted octanol–water partition coefficient (Wildman–Crippen LogP) is 3.07. The molecule has 2 aromatic rings. The standard InChI is InChI=1S/C14H17N3O2/c15-11-7-6-10(8-12(11)18)14-16-13(17-19-14)9-4-2-1-3-5-9/h6-9,18H,1-5,15H2. The SMILES string of the molecule is Nc1ccc(-c2nc(C3CCCCC3)no2)cc1O. The molecule has 0 spiro atoms. The normalized spacial score (nSPS) is 16.6. The molecule has 3 N–H and O–H groups in total. The molecule has 0 radical (unpaired) electrons. The highest BCUT2D eigenvalue weighted by Gasteiger charge is 2.21. The molecule has 0 amide bonds. The van der Waals surface area contributed by atoms with Crippen LogP contribution in [0.3, 0.4) is 0 Å². The Morgan fingerprint density at radius 3 is 2.74 bits per heavy atom. The molecule has 3 rings (SSSR count). The minimum absolute atomic E-state index is 0.0370. The zero-order valence-corrected chi connectivity index (χ0v) is 10.7. The van der Waals surface area contributed by atoms with E-state index < -0.39 is 0 Å². The first-order valence-corrected chi connectivity index (χ1v) is 6.66. The van der Waals surface area contributed by atoms with E-state index in [1.165, 1.54) is 19.3 Å². The van der Waals surface area contributed by atoms with E-state index in [4.69, 9.17) is 10.3 Å². The van der Waals surface area contributed by atoms with Gasteiger partial charge in [0.1, 0.15) is 5.75 Å². The van der Waals surface area contributed by atoms with Crippen LogP contribution in [0.25, 0.3) is 11.5 Å². The quantitative estimate of drug-likeness (QED) is 0.639. The van der Waals surface area contributed by atoms with Crippen molar-refractivity contribution in [2.45, 2.75) is 38.0 Å². The zero-order chi connectivity index (χ0) is 13.2. The van der Waals surface area contributed by atoms with Gasteiger partial charge in [0, 0.05) is 11.5 Å². The van der Waals surface area contributed by atoms with Crippen molar-refractivity contribution >= 4 is 5.69 Å². The van der Waals surface area contributed by atoms with Gasteiger partial charge in [-0.15, -0.1) is 0 Å². The molecule has 1 aromatic carbocycles. The van der Waals surface area contributed by atoms with Crippen molar-refractivity contribution in [3.63, 3.8) is 0 Å². The van der Waals surface area contributed by atoms with Gasteiger partial charge in [-0.05, 0) is 31.0 Å². The summed E-state index contributed by atoms with van der Waals surface area (Å²) in [5.41, 5.74) is 6.61. The van der Waals surface area contributed by atoms with E-state index in [-0.39, 0.29) is 5.75 Å². The predicted molar refractivity (Wildman–Crippen MR) is 71.6 cm³/mol. The number of benzene rings is 1. The van der Waals surface area contributed by atoms with E-state index in [1.807, 2.05) is 0 Å². The first-order chi connectivity index (χ1) is 9.24. The van der Waals surface area contributed by atoms with Gasteiger partial charge in [0.05, 0.1) is 5.69 Å². The van der Waals surface area contributed by atoms with Crippen LogP contribution in [-0.2, 0) is 0 Å². The number of nitrogen functional groups attached to an aromatic ring is 1.